The van der Waals surface area contributed by atoms with E-state index >= 15 is 0 Å². The van der Waals surface area contributed by atoms with Crippen molar-refractivity contribution in [3.8, 4) is 0 Å². The van der Waals surface area contributed by atoms with Gasteiger partial charge in [0.25, 0.3) is 11.6 Å². The van der Waals surface area contributed by atoms with Gasteiger partial charge in [0, 0.05) is 12.1 Å². The number of benzene rings is 1. The second-order valence-electron chi connectivity index (χ2n) is 3.75. The van der Waals surface area contributed by atoms with Gasteiger partial charge in [-0.3, -0.25) is 14.9 Å². The summed E-state index contributed by atoms with van der Waals surface area (Å²) in [4.78, 5) is 21.4. The third kappa shape index (κ3) is 2.86. The number of primary amides is 1. The molecule has 0 aliphatic carbocycles. The van der Waals surface area contributed by atoms with E-state index in [0.717, 1.165) is 0 Å². The highest BCUT2D eigenvalue weighted by Crippen LogP contribution is 2.20. The van der Waals surface area contributed by atoms with E-state index in [9.17, 15) is 14.9 Å². The van der Waals surface area contributed by atoms with E-state index in [1.807, 2.05) is 0 Å². The Kier molecular flexibility index (Phi) is 3.42. The summed E-state index contributed by atoms with van der Waals surface area (Å²) in [5.41, 5.74) is 6.09. The second kappa shape index (κ2) is 5.18. The molecule has 2 rings (SSSR count). The van der Waals surface area contributed by atoms with Gasteiger partial charge in [-0.1, -0.05) is 0 Å². The van der Waals surface area contributed by atoms with Gasteiger partial charge in [0.1, 0.15) is 5.76 Å². The summed E-state index contributed by atoms with van der Waals surface area (Å²) in [6.07, 6.45) is 2.95. The summed E-state index contributed by atoms with van der Waals surface area (Å²) in [6, 6.07) is 9.02. The van der Waals surface area contributed by atoms with Crippen molar-refractivity contribution in [2.24, 2.45) is 5.73 Å². The van der Waals surface area contributed by atoms with Crippen molar-refractivity contribution in [3.63, 3.8) is 0 Å². The third-order valence-corrected chi connectivity index (χ3v) is 2.47. The Morgan fingerprint density at radius 3 is 2.42 bits per heavy atom. The van der Waals surface area contributed by atoms with Crippen molar-refractivity contribution >= 4 is 23.2 Å². The number of furan rings is 1. The first kappa shape index (κ1) is 12.6. The van der Waals surface area contributed by atoms with Gasteiger partial charge in [0.2, 0.25) is 0 Å². The Bertz CT molecular complexity index is 627. The van der Waals surface area contributed by atoms with Crippen LogP contribution in [-0.4, -0.2) is 10.8 Å². The highest BCUT2D eigenvalue weighted by atomic mass is 16.6. The van der Waals surface area contributed by atoms with Gasteiger partial charge in [0.05, 0.1) is 16.8 Å². The standard InChI is InChI=1S/C13H10N2O4/c14-13(16)11(12-2-1-7-19-12)8-9-3-5-10(6-4-9)15(17)18/h1-8H,(H2,14,16)/b11-8+. The van der Waals surface area contributed by atoms with Crippen molar-refractivity contribution in [2.45, 2.75) is 0 Å². The molecule has 1 aromatic carbocycles. The normalized spacial score (nSPS) is 11.3. The van der Waals surface area contributed by atoms with Crippen LogP contribution in [0.2, 0.25) is 0 Å². The highest BCUT2D eigenvalue weighted by molar-refractivity contribution is 6.22. The summed E-state index contributed by atoms with van der Waals surface area (Å²) in [6.45, 7) is 0. The predicted octanol–water partition coefficient (Wildman–Crippen LogP) is 2.21. The van der Waals surface area contributed by atoms with E-state index in [1.54, 1.807) is 12.1 Å². The van der Waals surface area contributed by atoms with Crippen LogP contribution in [0, 0.1) is 10.1 Å². The van der Waals surface area contributed by atoms with Crippen molar-refractivity contribution in [2.75, 3.05) is 0 Å². The number of nitro groups is 1. The van der Waals surface area contributed by atoms with E-state index in [4.69, 9.17) is 10.2 Å². The smallest absolute Gasteiger partial charge is 0.269 e. The number of hydrogen-bond acceptors (Lipinski definition) is 4. The van der Waals surface area contributed by atoms with Gasteiger partial charge in [-0.15, -0.1) is 0 Å². The van der Waals surface area contributed by atoms with Crippen LogP contribution in [0.1, 0.15) is 11.3 Å². The number of amides is 1. The number of carbonyl (C=O) groups is 1. The molecule has 1 amide bonds. The van der Waals surface area contributed by atoms with Gasteiger partial charge in [-0.2, -0.15) is 0 Å². The number of carbonyl (C=O) groups excluding carboxylic acids is 1. The van der Waals surface area contributed by atoms with Gasteiger partial charge in [-0.25, -0.2) is 0 Å². The number of nitrogens with two attached hydrogens (primary N) is 1. The van der Waals surface area contributed by atoms with Crippen molar-refractivity contribution in [1.82, 2.24) is 0 Å². The summed E-state index contributed by atoms with van der Waals surface area (Å²) >= 11 is 0. The Morgan fingerprint density at radius 2 is 1.95 bits per heavy atom. The largest absolute Gasteiger partial charge is 0.464 e. The quantitative estimate of drug-likeness (QED) is 0.516. The Labute approximate surface area is 108 Å². The zero-order valence-corrected chi connectivity index (χ0v) is 9.78. The SMILES string of the molecule is NC(=O)/C(=C/c1ccc([N+](=O)[O-])cc1)c1ccco1. The molecule has 0 saturated carbocycles. The molecule has 0 atom stereocenters. The first-order chi connectivity index (χ1) is 9.08. The maximum absolute atomic E-state index is 11.4. The molecular formula is C13H10N2O4. The summed E-state index contributed by atoms with van der Waals surface area (Å²) in [5, 5.41) is 10.5. The summed E-state index contributed by atoms with van der Waals surface area (Å²) in [7, 11) is 0. The Balaban J connectivity index is 2.37. The maximum atomic E-state index is 11.4. The van der Waals surface area contributed by atoms with Crippen LogP contribution in [0.25, 0.3) is 11.6 Å². The molecule has 0 radical (unpaired) electrons. The zero-order valence-electron chi connectivity index (χ0n) is 9.78. The summed E-state index contributed by atoms with van der Waals surface area (Å²) < 4.78 is 5.11. The lowest BCUT2D eigenvalue weighted by atomic mass is 10.1. The molecular weight excluding hydrogens is 248 g/mol. The lowest BCUT2D eigenvalue weighted by Gasteiger charge is -2.00. The maximum Gasteiger partial charge on any atom is 0.269 e. The molecule has 0 aliphatic rings. The number of rotatable bonds is 4. The van der Waals surface area contributed by atoms with E-state index < -0.39 is 10.8 Å². The van der Waals surface area contributed by atoms with E-state index in [1.165, 1.54) is 36.6 Å². The van der Waals surface area contributed by atoms with Gasteiger partial charge in [-0.05, 0) is 35.9 Å². The van der Waals surface area contributed by atoms with Crippen LogP contribution in [0.3, 0.4) is 0 Å². The molecule has 0 spiro atoms. The second-order valence-corrected chi connectivity index (χ2v) is 3.75. The van der Waals surface area contributed by atoms with Gasteiger partial charge in [0.15, 0.2) is 0 Å². The fraction of sp³-hybridized carbons (Fsp3) is 0. The summed E-state index contributed by atoms with van der Waals surface area (Å²) in [5.74, 6) is -0.279. The molecule has 0 saturated heterocycles. The van der Waals surface area contributed by atoms with Crippen molar-refractivity contribution in [1.29, 1.82) is 0 Å². The van der Waals surface area contributed by atoms with Crippen LogP contribution in [0.5, 0.6) is 0 Å². The van der Waals surface area contributed by atoms with Crippen molar-refractivity contribution in [3.05, 3.63) is 64.1 Å². The fourth-order valence-electron chi connectivity index (χ4n) is 1.55. The predicted molar refractivity (Wildman–Crippen MR) is 68.9 cm³/mol. The van der Waals surface area contributed by atoms with Crippen LogP contribution in [-0.2, 0) is 4.79 Å². The fourth-order valence-corrected chi connectivity index (χ4v) is 1.55. The van der Waals surface area contributed by atoms with Crippen LogP contribution in [0.4, 0.5) is 5.69 Å². The number of hydrogen-bond donors (Lipinski definition) is 1. The molecule has 19 heavy (non-hydrogen) atoms. The van der Waals surface area contributed by atoms with Crippen LogP contribution >= 0.6 is 0 Å². The lowest BCUT2D eigenvalue weighted by molar-refractivity contribution is -0.384. The minimum atomic E-state index is -0.631. The van der Waals surface area contributed by atoms with Crippen LogP contribution in [0.15, 0.2) is 47.1 Å². The third-order valence-electron chi connectivity index (χ3n) is 2.47. The first-order valence-electron chi connectivity index (χ1n) is 5.38. The molecule has 2 aromatic rings. The van der Waals surface area contributed by atoms with Gasteiger partial charge >= 0.3 is 0 Å². The zero-order chi connectivity index (χ0) is 13.8. The monoisotopic (exact) mass is 258 g/mol. The van der Waals surface area contributed by atoms with Crippen LogP contribution < -0.4 is 5.73 Å². The van der Waals surface area contributed by atoms with E-state index in [-0.39, 0.29) is 11.3 Å². The van der Waals surface area contributed by atoms with Crippen molar-refractivity contribution < 1.29 is 14.1 Å². The molecule has 96 valence electrons. The van der Waals surface area contributed by atoms with E-state index in [2.05, 4.69) is 0 Å². The molecule has 1 aromatic heterocycles. The minimum Gasteiger partial charge on any atom is -0.464 e. The average molecular weight is 258 g/mol. The number of non-ortho nitro benzene ring substituents is 1. The molecule has 1 heterocycles. The van der Waals surface area contributed by atoms with Gasteiger partial charge < -0.3 is 10.2 Å². The Morgan fingerprint density at radius 1 is 1.26 bits per heavy atom. The molecule has 6 heteroatoms. The molecule has 2 N–H and O–H groups in total. The molecule has 0 unspecified atom stereocenters. The number of nitrogens with zero attached hydrogens (tertiary/aromatic N) is 1. The highest BCUT2D eigenvalue weighted by Gasteiger charge is 2.11. The molecule has 0 aliphatic heterocycles. The molecule has 6 nitrogen and oxygen atoms in total. The minimum absolute atomic E-state index is 0.0178. The lowest BCUT2D eigenvalue weighted by Crippen LogP contribution is -2.12. The first-order valence-corrected chi connectivity index (χ1v) is 5.38. The molecule has 0 bridgehead atoms. The topological polar surface area (TPSA) is 99.4 Å². The average Bonchev–Trinajstić information content (AvgIpc) is 2.89. The number of nitro benzene ring substituents is 1. The molecule has 0 fully saturated rings. The van der Waals surface area contributed by atoms with E-state index in [0.29, 0.717) is 11.3 Å². The Hall–Kier alpha value is -2.89.